The van der Waals surface area contributed by atoms with E-state index in [-0.39, 0.29) is 36.8 Å². The molecule has 0 aliphatic carbocycles. The van der Waals surface area contributed by atoms with Gasteiger partial charge in [0.05, 0.1) is 25.1 Å². The van der Waals surface area contributed by atoms with Gasteiger partial charge in [0, 0.05) is 6.54 Å². The number of carbonyl (C=O) groups is 4. The van der Waals surface area contributed by atoms with Gasteiger partial charge in [-0.25, -0.2) is 4.39 Å². The summed E-state index contributed by atoms with van der Waals surface area (Å²) >= 11 is 0. The molecule has 35 heavy (non-hydrogen) atoms. The number of para-hydroxylation sites is 1. The molecule has 2 aromatic carbocycles. The van der Waals surface area contributed by atoms with Gasteiger partial charge in [-0.15, -0.1) is 0 Å². The minimum atomic E-state index is -1.27. The summed E-state index contributed by atoms with van der Waals surface area (Å²) < 4.78 is 18.7. The largest absolute Gasteiger partial charge is 0.491 e. The standard InChI is InChI=1S/C24H27FN4O6/c25-16-7-5-15(6-8-16)9-10-26-23(33)18-13-21(31)28-19(14-30)24(34)27-11-12-35-20-4-2-1-3-17(20)22(32)29-18/h1-8,18-19,30H,9-14H2,(H,26,33)(H,27,34)(H,28,31)(H,29,32)/t18-,19-/m0/s1. The third-order valence-corrected chi connectivity index (χ3v) is 5.26. The Morgan fingerprint density at radius 1 is 1.09 bits per heavy atom. The van der Waals surface area contributed by atoms with Crippen LogP contribution in [0.1, 0.15) is 22.3 Å². The third kappa shape index (κ3) is 7.51. The lowest BCUT2D eigenvalue weighted by Crippen LogP contribution is -2.53. The molecule has 0 saturated heterocycles. The Morgan fingerprint density at radius 2 is 1.83 bits per heavy atom. The highest BCUT2D eigenvalue weighted by molar-refractivity contribution is 6.01. The van der Waals surface area contributed by atoms with E-state index in [1.807, 2.05) is 0 Å². The van der Waals surface area contributed by atoms with Gasteiger partial charge in [-0.2, -0.15) is 0 Å². The zero-order valence-electron chi connectivity index (χ0n) is 18.9. The Bertz CT molecular complexity index is 1060. The van der Waals surface area contributed by atoms with E-state index in [2.05, 4.69) is 21.3 Å². The van der Waals surface area contributed by atoms with Crippen LogP contribution in [0.2, 0.25) is 0 Å². The van der Waals surface area contributed by atoms with Gasteiger partial charge in [0.2, 0.25) is 17.7 Å². The molecule has 0 aromatic heterocycles. The molecule has 1 aliphatic heterocycles. The van der Waals surface area contributed by atoms with E-state index in [9.17, 15) is 28.7 Å². The van der Waals surface area contributed by atoms with E-state index >= 15 is 0 Å². The van der Waals surface area contributed by atoms with Gasteiger partial charge in [0.25, 0.3) is 5.91 Å². The first-order chi connectivity index (χ1) is 16.9. The molecule has 3 rings (SSSR count). The first-order valence-corrected chi connectivity index (χ1v) is 11.1. The van der Waals surface area contributed by atoms with Crippen molar-refractivity contribution in [3.63, 3.8) is 0 Å². The van der Waals surface area contributed by atoms with Crippen LogP contribution in [0.4, 0.5) is 4.39 Å². The molecule has 2 aromatic rings. The Morgan fingerprint density at radius 3 is 2.57 bits per heavy atom. The summed E-state index contributed by atoms with van der Waals surface area (Å²) in [5.74, 6) is -2.68. The van der Waals surface area contributed by atoms with E-state index in [0.29, 0.717) is 6.42 Å². The van der Waals surface area contributed by atoms with Gasteiger partial charge in [-0.3, -0.25) is 19.2 Å². The zero-order valence-corrected chi connectivity index (χ0v) is 18.9. The van der Waals surface area contributed by atoms with E-state index in [1.165, 1.54) is 18.2 Å². The lowest BCUT2D eigenvalue weighted by Gasteiger charge is -2.22. The van der Waals surface area contributed by atoms with Crippen molar-refractivity contribution in [2.24, 2.45) is 0 Å². The van der Waals surface area contributed by atoms with Crippen LogP contribution in [0, 0.1) is 5.82 Å². The van der Waals surface area contributed by atoms with Crippen molar-refractivity contribution in [2.45, 2.75) is 24.9 Å². The number of rotatable bonds is 5. The second-order valence-electron chi connectivity index (χ2n) is 7.84. The monoisotopic (exact) mass is 486 g/mol. The molecular weight excluding hydrogens is 459 g/mol. The normalized spacial score (nSPS) is 19.2. The summed E-state index contributed by atoms with van der Waals surface area (Å²) in [6.45, 7) is -0.350. The lowest BCUT2D eigenvalue weighted by atomic mass is 10.1. The number of fused-ring (bicyclic) bond motifs is 1. The molecule has 0 bridgehead atoms. The van der Waals surface area contributed by atoms with Crippen LogP contribution < -0.4 is 26.0 Å². The van der Waals surface area contributed by atoms with Gasteiger partial charge in [0.15, 0.2) is 0 Å². The Hall–Kier alpha value is -3.99. The summed E-state index contributed by atoms with van der Waals surface area (Å²) in [7, 11) is 0. The second kappa shape index (κ2) is 12.5. The lowest BCUT2D eigenvalue weighted by molar-refractivity contribution is -0.131. The summed E-state index contributed by atoms with van der Waals surface area (Å²) in [6.07, 6.45) is -0.0662. The quantitative estimate of drug-likeness (QED) is 0.391. The van der Waals surface area contributed by atoms with Gasteiger partial charge in [-0.1, -0.05) is 24.3 Å². The van der Waals surface area contributed by atoms with Crippen LogP contribution >= 0.6 is 0 Å². The third-order valence-electron chi connectivity index (χ3n) is 5.26. The van der Waals surface area contributed by atoms with Crippen molar-refractivity contribution in [3.8, 4) is 5.75 Å². The fraction of sp³-hybridized carbons (Fsp3) is 0.333. The topological polar surface area (TPSA) is 146 Å². The molecule has 10 nitrogen and oxygen atoms in total. The maximum Gasteiger partial charge on any atom is 0.255 e. The number of benzene rings is 2. The fourth-order valence-electron chi connectivity index (χ4n) is 3.42. The van der Waals surface area contributed by atoms with E-state index in [4.69, 9.17) is 4.74 Å². The molecule has 1 heterocycles. The number of aliphatic hydroxyl groups excluding tert-OH is 1. The maximum atomic E-state index is 13.1. The number of halogens is 1. The average molecular weight is 487 g/mol. The van der Waals surface area contributed by atoms with Gasteiger partial charge >= 0.3 is 0 Å². The van der Waals surface area contributed by atoms with Crippen molar-refractivity contribution in [2.75, 3.05) is 26.3 Å². The van der Waals surface area contributed by atoms with Crippen LogP contribution in [0.5, 0.6) is 5.75 Å². The molecule has 2 atom stereocenters. The maximum absolute atomic E-state index is 13.1. The van der Waals surface area contributed by atoms with Crippen LogP contribution in [-0.2, 0) is 20.8 Å². The van der Waals surface area contributed by atoms with Crippen LogP contribution in [-0.4, -0.2) is 67.1 Å². The molecule has 4 amide bonds. The molecule has 0 spiro atoms. The van der Waals surface area contributed by atoms with Crippen molar-refractivity contribution in [3.05, 3.63) is 65.5 Å². The first-order valence-electron chi connectivity index (χ1n) is 11.1. The van der Waals surface area contributed by atoms with E-state index < -0.39 is 48.7 Å². The number of ether oxygens (including phenoxy) is 1. The van der Waals surface area contributed by atoms with Crippen molar-refractivity contribution < 1.29 is 33.4 Å². The molecule has 0 fully saturated rings. The number of hydrogen-bond acceptors (Lipinski definition) is 6. The summed E-state index contributed by atoms with van der Waals surface area (Å²) in [4.78, 5) is 50.6. The number of nitrogens with one attached hydrogen (secondary N) is 4. The molecule has 0 radical (unpaired) electrons. The minimum Gasteiger partial charge on any atom is -0.491 e. The number of amides is 4. The van der Waals surface area contributed by atoms with Crippen LogP contribution in [0.15, 0.2) is 48.5 Å². The highest BCUT2D eigenvalue weighted by Gasteiger charge is 2.28. The summed E-state index contributed by atoms with van der Waals surface area (Å²) in [5, 5.41) is 19.6. The van der Waals surface area contributed by atoms with Crippen molar-refractivity contribution >= 4 is 23.6 Å². The summed E-state index contributed by atoms with van der Waals surface area (Å²) in [5.41, 5.74) is 0.955. The molecule has 1 aliphatic rings. The van der Waals surface area contributed by atoms with Crippen molar-refractivity contribution in [1.82, 2.24) is 21.3 Å². The molecule has 0 unspecified atom stereocenters. The first kappa shape index (κ1) is 25.6. The summed E-state index contributed by atoms with van der Waals surface area (Å²) in [6, 6.07) is 9.70. The Kier molecular flexibility index (Phi) is 9.13. The van der Waals surface area contributed by atoms with Gasteiger partial charge in [0.1, 0.15) is 30.3 Å². The highest BCUT2D eigenvalue weighted by Crippen LogP contribution is 2.18. The molecule has 186 valence electrons. The van der Waals surface area contributed by atoms with Crippen molar-refractivity contribution in [1.29, 1.82) is 0 Å². The molecule has 11 heteroatoms. The minimum absolute atomic E-state index is 0.0371. The fourth-order valence-corrected chi connectivity index (χ4v) is 3.42. The molecular formula is C24H27FN4O6. The van der Waals surface area contributed by atoms with Gasteiger partial charge < -0.3 is 31.1 Å². The Labute approximate surface area is 201 Å². The van der Waals surface area contributed by atoms with Gasteiger partial charge in [-0.05, 0) is 36.2 Å². The van der Waals surface area contributed by atoms with E-state index in [0.717, 1.165) is 5.56 Å². The zero-order chi connectivity index (χ0) is 25.2. The number of hydrogen-bond donors (Lipinski definition) is 5. The second-order valence-corrected chi connectivity index (χ2v) is 7.84. The van der Waals surface area contributed by atoms with Crippen LogP contribution in [0.3, 0.4) is 0 Å². The predicted octanol–water partition coefficient (Wildman–Crippen LogP) is -0.341. The SMILES string of the molecule is O=C1C[C@@H](C(=O)NCCc2ccc(F)cc2)NC(=O)c2ccccc2OCCNC(=O)[C@H](CO)N1. The molecule has 5 N–H and O–H groups in total. The smallest absolute Gasteiger partial charge is 0.255 e. The highest BCUT2D eigenvalue weighted by atomic mass is 19.1. The molecule has 0 saturated carbocycles. The number of carbonyl (C=O) groups excluding carboxylic acids is 4. The average Bonchev–Trinajstić information content (AvgIpc) is 2.85. The Balaban J connectivity index is 1.76. The number of aliphatic hydroxyl groups is 1. The van der Waals surface area contributed by atoms with Crippen LogP contribution in [0.25, 0.3) is 0 Å². The van der Waals surface area contributed by atoms with E-state index in [1.54, 1.807) is 30.3 Å². The predicted molar refractivity (Wildman–Crippen MR) is 123 cm³/mol.